The third-order valence-electron chi connectivity index (χ3n) is 3.04. The molecule has 3 heteroatoms. The molecule has 1 aromatic heterocycles. The van der Waals surface area contributed by atoms with Gasteiger partial charge in [-0.3, -0.25) is 4.79 Å². The van der Waals surface area contributed by atoms with Gasteiger partial charge in [-0.15, -0.1) is 0 Å². The Labute approximate surface area is 106 Å². The van der Waals surface area contributed by atoms with Crippen molar-refractivity contribution in [2.45, 2.75) is 26.7 Å². The number of aromatic amines is 1. The number of benzene rings is 1. The predicted molar refractivity (Wildman–Crippen MR) is 72.3 cm³/mol. The summed E-state index contributed by atoms with van der Waals surface area (Å²) >= 11 is 0. The van der Waals surface area contributed by atoms with Crippen LogP contribution in [0.2, 0.25) is 0 Å². The summed E-state index contributed by atoms with van der Waals surface area (Å²) in [5.74, 6) is 0. The molecule has 0 saturated carbocycles. The monoisotopic (exact) mass is 240 g/mol. The van der Waals surface area contributed by atoms with Crippen LogP contribution < -0.4 is 5.56 Å². The zero-order chi connectivity index (χ0) is 13.2. The number of aromatic nitrogens is 1. The lowest BCUT2D eigenvalue weighted by Gasteiger charge is -2.20. The number of pyridine rings is 1. The Hall–Kier alpha value is -2.08. The van der Waals surface area contributed by atoms with Crippen LogP contribution in [0, 0.1) is 16.7 Å². The largest absolute Gasteiger partial charge is 0.326 e. The molecule has 0 radical (unpaired) electrons. The number of nitrogens with one attached hydrogen (secondary N) is 1. The SMILES string of the molecule is CC(C)(CC#N)Cc1cc2ccccc2c(=O)[nH]1. The van der Waals surface area contributed by atoms with Crippen molar-refractivity contribution < 1.29 is 0 Å². The van der Waals surface area contributed by atoms with E-state index in [2.05, 4.69) is 11.1 Å². The quantitative estimate of drug-likeness (QED) is 0.896. The summed E-state index contributed by atoms with van der Waals surface area (Å²) in [6.07, 6.45) is 1.17. The summed E-state index contributed by atoms with van der Waals surface area (Å²) in [6, 6.07) is 11.7. The minimum atomic E-state index is -0.125. The van der Waals surface area contributed by atoms with Gasteiger partial charge in [-0.25, -0.2) is 0 Å². The third kappa shape index (κ3) is 2.60. The maximum atomic E-state index is 11.9. The van der Waals surface area contributed by atoms with Gasteiger partial charge in [0.25, 0.3) is 5.56 Å². The van der Waals surface area contributed by atoms with Crippen molar-refractivity contribution >= 4 is 10.8 Å². The average molecular weight is 240 g/mol. The molecule has 0 saturated heterocycles. The van der Waals surface area contributed by atoms with Crippen molar-refractivity contribution in [2.75, 3.05) is 0 Å². The molecule has 92 valence electrons. The van der Waals surface area contributed by atoms with Gasteiger partial charge in [0.15, 0.2) is 0 Å². The lowest BCUT2D eigenvalue weighted by Crippen LogP contribution is -2.18. The molecule has 0 fully saturated rings. The molecular formula is C15H16N2O. The van der Waals surface area contributed by atoms with Crippen LogP contribution in [0.25, 0.3) is 10.8 Å². The van der Waals surface area contributed by atoms with E-state index in [4.69, 9.17) is 5.26 Å². The molecule has 1 aromatic carbocycles. The van der Waals surface area contributed by atoms with Gasteiger partial charge >= 0.3 is 0 Å². The van der Waals surface area contributed by atoms with Crippen molar-refractivity contribution in [1.29, 1.82) is 5.26 Å². The van der Waals surface area contributed by atoms with E-state index in [9.17, 15) is 4.79 Å². The molecule has 0 aliphatic heterocycles. The predicted octanol–water partition coefficient (Wildman–Crippen LogP) is 3.01. The fourth-order valence-electron chi connectivity index (χ4n) is 2.15. The second-order valence-electron chi connectivity index (χ2n) is 5.39. The highest BCUT2D eigenvalue weighted by Gasteiger charge is 2.19. The fourth-order valence-corrected chi connectivity index (χ4v) is 2.15. The number of hydrogen-bond donors (Lipinski definition) is 1. The van der Waals surface area contributed by atoms with E-state index in [0.29, 0.717) is 18.2 Å². The first-order valence-electron chi connectivity index (χ1n) is 6.00. The van der Waals surface area contributed by atoms with Crippen molar-refractivity contribution in [3.8, 4) is 6.07 Å². The topological polar surface area (TPSA) is 56.6 Å². The molecule has 2 aromatic rings. The molecule has 0 bridgehead atoms. The zero-order valence-corrected chi connectivity index (χ0v) is 10.7. The number of nitrogens with zero attached hydrogens (tertiary/aromatic N) is 1. The van der Waals surface area contributed by atoms with E-state index in [1.54, 1.807) is 0 Å². The van der Waals surface area contributed by atoms with Gasteiger partial charge in [0.05, 0.1) is 6.07 Å². The molecule has 0 atom stereocenters. The summed E-state index contributed by atoms with van der Waals surface area (Å²) < 4.78 is 0. The van der Waals surface area contributed by atoms with Crippen molar-refractivity contribution in [3.05, 3.63) is 46.4 Å². The van der Waals surface area contributed by atoms with Gasteiger partial charge in [0.1, 0.15) is 0 Å². The van der Waals surface area contributed by atoms with E-state index < -0.39 is 0 Å². The van der Waals surface area contributed by atoms with Gasteiger partial charge in [-0.1, -0.05) is 32.0 Å². The first-order chi connectivity index (χ1) is 8.52. The second kappa shape index (κ2) is 4.66. The number of fused-ring (bicyclic) bond motifs is 1. The van der Waals surface area contributed by atoms with Crippen molar-refractivity contribution in [2.24, 2.45) is 5.41 Å². The lowest BCUT2D eigenvalue weighted by atomic mass is 9.84. The van der Waals surface area contributed by atoms with Gasteiger partial charge in [-0.05, 0) is 29.4 Å². The van der Waals surface area contributed by atoms with Crippen LogP contribution in [0.3, 0.4) is 0 Å². The van der Waals surface area contributed by atoms with Crippen LogP contribution in [-0.2, 0) is 6.42 Å². The standard InChI is InChI=1S/C15H16N2O/c1-15(2,7-8-16)10-12-9-11-5-3-4-6-13(11)14(18)17-12/h3-6,9H,7,10H2,1-2H3,(H,17,18). The molecule has 0 spiro atoms. The van der Waals surface area contributed by atoms with Crippen molar-refractivity contribution in [1.82, 2.24) is 4.98 Å². The highest BCUT2D eigenvalue weighted by atomic mass is 16.1. The van der Waals surface area contributed by atoms with E-state index in [-0.39, 0.29) is 11.0 Å². The highest BCUT2D eigenvalue weighted by Crippen LogP contribution is 2.25. The molecule has 0 unspecified atom stereocenters. The first kappa shape index (κ1) is 12.4. The van der Waals surface area contributed by atoms with Crippen molar-refractivity contribution in [3.63, 3.8) is 0 Å². The second-order valence-corrected chi connectivity index (χ2v) is 5.39. The lowest BCUT2D eigenvalue weighted by molar-refractivity contribution is 0.369. The zero-order valence-electron chi connectivity index (χ0n) is 10.7. The number of nitriles is 1. The third-order valence-corrected chi connectivity index (χ3v) is 3.04. The van der Waals surface area contributed by atoms with E-state index >= 15 is 0 Å². The van der Waals surface area contributed by atoms with E-state index in [1.807, 2.05) is 44.2 Å². The van der Waals surface area contributed by atoms with Gasteiger partial charge in [0.2, 0.25) is 0 Å². The highest BCUT2D eigenvalue weighted by molar-refractivity contribution is 5.81. The summed E-state index contributed by atoms with van der Waals surface area (Å²) in [5, 5.41) is 10.4. The summed E-state index contributed by atoms with van der Waals surface area (Å²) in [7, 11) is 0. The van der Waals surface area contributed by atoms with Crippen LogP contribution in [-0.4, -0.2) is 4.98 Å². The normalized spacial score (nSPS) is 11.4. The summed E-state index contributed by atoms with van der Waals surface area (Å²) in [6.45, 7) is 4.06. The maximum absolute atomic E-state index is 11.9. The summed E-state index contributed by atoms with van der Waals surface area (Å²) in [5.41, 5.74) is 0.704. The van der Waals surface area contributed by atoms with E-state index in [1.165, 1.54) is 0 Å². The van der Waals surface area contributed by atoms with E-state index in [0.717, 1.165) is 11.1 Å². The molecule has 1 heterocycles. The minimum absolute atomic E-state index is 0.0594. The Kier molecular flexibility index (Phi) is 3.20. The number of rotatable bonds is 3. The van der Waals surface area contributed by atoms with Gasteiger partial charge in [0, 0.05) is 17.5 Å². The van der Waals surface area contributed by atoms with Gasteiger partial charge in [-0.2, -0.15) is 5.26 Å². The molecule has 1 N–H and O–H groups in total. The number of hydrogen-bond acceptors (Lipinski definition) is 2. The Balaban J connectivity index is 2.42. The minimum Gasteiger partial charge on any atom is -0.326 e. The Morgan fingerprint density at radius 2 is 2.06 bits per heavy atom. The smallest absolute Gasteiger partial charge is 0.256 e. The molecule has 0 amide bonds. The van der Waals surface area contributed by atoms with Crippen LogP contribution in [0.15, 0.2) is 35.1 Å². The summed E-state index contributed by atoms with van der Waals surface area (Å²) in [4.78, 5) is 14.8. The Bertz CT molecular complexity index is 662. The molecule has 2 rings (SSSR count). The fraction of sp³-hybridized carbons (Fsp3) is 0.333. The van der Waals surface area contributed by atoms with Crippen LogP contribution in [0.4, 0.5) is 0 Å². The Morgan fingerprint density at radius 1 is 1.33 bits per heavy atom. The van der Waals surface area contributed by atoms with Gasteiger partial charge < -0.3 is 4.98 Å². The molecule has 0 aliphatic rings. The Morgan fingerprint density at radius 3 is 2.78 bits per heavy atom. The van der Waals surface area contributed by atoms with Crippen LogP contribution in [0.5, 0.6) is 0 Å². The number of H-pyrrole nitrogens is 1. The van der Waals surface area contributed by atoms with Crippen LogP contribution >= 0.6 is 0 Å². The molecule has 18 heavy (non-hydrogen) atoms. The van der Waals surface area contributed by atoms with Crippen LogP contribution in [0.1, 0.15) is 26.0 Å². The average Bonchev–Trinajstić information content (AvgIpc) is 2.28. The first-order valence-corrected chi connectivity index (χ1v) is 6.00. The molecular weight excluding hydrogens is 224 g/mol. The molecule has 0 aliphatic carbocycles. The molecule has 3 nitrogen and oxygen atoms in total. The maximum Gasteiger partial charge on any atom is 0.256 e.